The van der Waals surface area contributed by atoms with Crippen LogP contribution in [0, 0.1) is 5.82 Å². The fourth-order valence-electron chi connectivity index (χ4n) is 2.47. The van der Waals surface area contributed by atoms with E-state index in [0.717, 1.165) is 11.3 Å². The molecule has 1 aromatic heterocycles. The van der Waals surface area contributed by atoms with Gasteiger partial charge < -0.3 is 10.1 Å². The summed E-state index contributed by atoms with van der Waals surface area (Å²) < 4.78 is 20.3. The number of aromatic nitrogens is 2. The van der Waals surface area contributed by atoms with Gasteiger partial charge in [0.15, 0.2) is 11.6 Å². The summed E-state index contributed by atoms with van der Waals surface area (Å²) in [4.78, 5) is 12.1. The molecule has 2 aromatic carbocycles. The molecule has 1 heterocycles. The molecule has 0 unspecified atom stereocenters. The molecule has 0 bridgehead atoms. The van der Waals surface area contributed by atoms with Crippen LogP contribution >= 0.6 is 0 Å². The average molecular weight is 339 g/mol. The minimum Gasteiger partial charge on any atom is -0.494 e. The van der Waals surface area contributed by atoms with Crippen molar-refractivity contribution >= 4 is 5.91 Å². The summed E-state index contributed by atoms with van der Waals surface area (Å²) in [6.07, 6.45) is 4.29. The average Bonchev–Trinajstić information content (AvgIpc) is 3.17. The van der Waals surface area contributed by atoms with Gasteiger partial charge in [-0.15, -0.1) is 0 Å². The van der Waals surface area contributed by atoms with E-state index in [-0.39, 0.29) is 17.2 Å². The summed E-state index contributed by atoms with van der Waals surface area (Å²) in [6.45, 7) is 0.466. The summed E-state index contributed by atoms with van der Waals surface area (Å²) in [6, 6.07) is 14.0. The first-order valence-corrected chi connectivity index (χ1v) is 7.88. The summed E-state index contributed by atoms with van der Waals surface area (Å²) in [5.74, 6) is -0.743. The summed E-state index contributed by atoms with van der Waals surface area (Å²) in [5.41, 5.74) is 2.34. The SMILES string of the molecule is COc1ccc(C(=O)NCCc2ccc(-n3cccn3)cc2)cc1F. The molecule has 0 aliphatic heterocycles. The molecule has 3 rings (SSSR count). The second-order valence-electron chi connectivity index (χ2n) is 5.47. The van der Waals surface area contributed by atoms with Gasteiger partial charge in [-0.05, 0) is 48.4 Å². The van der Waals surface area contributed by atoms with Crippen LogP contribution < -0.4 is 10.1 Å². The van der Waals surface area contributed by atoms with Crippen LogP contribution in [0.1, 0.15) is 15.9 Å². The molecule has 3 aromatic rings. The van der Waals surface area contributed by atoms with Crippen molar-refractivity contribution in [2.75, 3.05) is 13.7 Å². The summed E-state index contributed by atoms with van der Waals surface area (Å²) in [7, 11) is 1.38. The zero-order valence-corrected chi connectivity index (χ0v) is 13.8. The lowest BCUT2D eigenvalue weighted by molar-refractivity contribution is 0.0953. The number of rotatable bonds is 6. The monoisotopic (exact) mass is 339 g/mol. The highest BCUT2D eigenvalue weighted by molar-refractivity contribution is 5.94. The van der Waals surface area contributed by atoms with Crippen LogP contribution in [0.3, 0.4) is 0 Å². The molecule has 0 saturated carbocycles. The van der Waals surface area contributed by atoms with E-state index in [1.165, 1.54) is 25.3 Å². The maximum atomic E-state index is 13.6. The zero-order chi connectivity index (χ0) is 17.6. The third-order valence-corrected chi connectivity index (χ3v) is 3.82. The number of nitrogens with zero attached hydrogens (tertiary/aromatic N) is 2. The fraction of sp³-hybridized carbons (Fsp3) is 0.158. The Labute approximate surface area is 145 Å². The summed E-state index contributed by atoms with van der Waals surface area (Å²) in [5, 5.41) is 6.96. The first-order valence-electron chi connectivity index (χ1n) is 7.88. The Morgan fingerprint density at radius 3 is 2.68 bits per heavy atom. The van der Waals surface area contributed by atoms with E-state index < -0.39 is 5.82 Å². The largest absolute Gasteiger partial charge is 0.494 e. The lowest BCUT2D eigenvalue weighted by Crippen LogP contribution is -2.25. The number of amides is 1. The Morgan fingerprint density at radius 2 is 2.04 bits per heavy atom. The van der Waals surface area contributed by atoms with Crippen molar-refractivity contribution in [3.63, 3.8) is 0 Å². The molecule has 0 saturated heterocycles. The Hall–Kier alpha value is -3.15. The van der Waals surface area contributed by atoms with Gasteiger partial charge in [0, 0.05) is 24.5 Å². The van der Waals surface area contributed by atoms with Gasteiger partial charge in [-0.3, -0.25) is 4.79 Å². The third kappa shape index (κ3) is 4.03. The van der Waals surface area contributed by atoms with E-state index in [1.807, 2.05) is 36.5 Å². The van der Waals surface area contributed by atoms with Gasteiger partial charge in [0.05, 0.1) is 12.8 Å². The lowest BCUT2D eigenvalue weighted by atomic mass is 10.1. The van der Waals surface area contributed by atoms with Crippen LogP contribution in [-0.4, -0.2) is 29.3 Å². The fourth-order valence-corrected chi connectivity index (χ4v) is 2.47. The van der Waals surface area contributed by atoms with Crippen molar-refractivity contribution in [2.24, 2.45) is 0 Å². The van der Waals surface area contributed by atoms with E-state index in [1.54, 1.807) is 10.9 Å². The predicted molar refractivity (Wildman–Crippen MR) is 92.6 cm³/mol. The Balaban J connectivity index is 1.54. The molecule has 5 nitrogen and oxygen atoms in total. The number of methoxy groups -OCH3 is 1. The second kappa shape index (κ2) is 7.61. The Morgan fingerprint density at radius 1 is 1.24 bits per heavy atom. The van der Waals surface area contributed by atoms with Crippen LogP contribution in [0.2, 0.25) is 0 Å². The second-order valence-corrected chi connectivity index (χ2v) is 5.47. The molecule has 0 spiro atoms. The van der Waals surface area contributed by atoms with Gasteiger partial charge in [0.25, 0.3) is 5.91 Å². The van der Waals surface area contributed by atoms with Crippen molar-refractivity contribution < 1.29 is 13.9 Å². The molecule has 25 heavy (non-hydrogen) atoms. The smallest absolute Gasteiger partial charge is 0.251 e. The predicted octanol–water partition coefficient (Wildman–Crippen LogP) is 2.99. The molecule has 0 fully saturated rings. The molecular weight excluding hydrogens is 321 g/mol. The van der Waals surface area contributed by atoms with Gasteiger partial charge in [0.2, 0.25) is 0 Å². The van der Waals surface area contributed by atoms with Crippen molar-refractivity contribution in [3.8, 4) is 11.4 Å². The highest BCUT2D eigenvalue weighted by Crippen LogP contribution is 2.17. The zero-order valence-electron chi connectivity index (χ0n) is 13.8. The molecule has 0 radical (unpaired) electrons. The molecular formula is C19H18FN3O2. The first kappa shape index (κ1) is 16.7. The number of ether oxygens (including phenoxy) is 1. The number of halogens is 1. The number of nitrogens with one attached hydrogen (secondary N) is 1. The molecule has 128 valence electrons. The van der Waals surface area contributed by atoms with Crippen molar-refractivity contribution in [2.45, 2.75) is 6.42 Å². The standard InChI is InChI=1S/C19H18FN3O2/c1-25-18-8-5-15(13-17(18)20)19(24)21-11-9-14-3-6-16(7-4-14)23-12-2-10-22-23/h2-8,10,12-13H,9,11H2,1H3,(H,21,24). The molecule has 0 aliphatic carbocycles. The number of benzene rings is 2. The number of carbonyl (C=O) groups excluding carboxylic acids is 1. The topological polar surface area (TPSA) is 56.1 Å². The van der Waals surface area contributed by atoms with Crippen LogP contribution in [0.15, 0.2) is 60.9 Å². The van der Waals surface area contributed by atoms with E-state index in [9.17, 15) is 9.18 Å². The minimum absolute atomic E-state index is 0.119. The van der Waals surface area contributed by atoms with E-state index in [0.29, 0.717) is 13.0 Å². The molecule has 1 N–H and O–H groups in total. The van der Waals surface area contributed by atoms with Crippen LogP contribution in [0.25, 0.3) is 5.69 Å². The highest BCUT2D eigenvalue weighted by Gasteiger charge is 2.09. The van der Waals surface area contributed by atoms with Gasteiger partial charge in [-0.25, -0.2) is 9.07 Å². The maximum Gasteiger partial charge on any atom is 0.251 e. The number of hydrogen-bond acceptors (Lipinski definition) is 3. The van der Waals surface area contributed by atoms with Gasteiger partial charge in [-0.2, -0.15) is 5.10 Å². The normalized spacial score (nSPS) is 10.5. The van der Waals surface area contributed by atoms with E-state index in [2.05, 4.69) is 10.4 Å². The molecule has 0 atom stereocenters. The third-order valence-electron chi connectivity index (χ3n) is 3.82. The minimum atomic E-state index is -0.552. The van der Waals surface area contributed by atoms with Crippen LogP contribution in [0.4, 0.5) is 4.39 Å². The number of hydrogen-bond donors (Lipinski definition) is 1. The quantitative estimate of drug-likeness (QED) is 0.751. The van der Waals surface area contributed by atoms with Gasteiger partial charge in [0.1, 0.15) is 0 Å². The molecule has 6 heteroatoms. The van der Waals surface area contributed by atoms with E-state index >= 15 is 0 Å². The van der Waals surface area contributed by atoms with Crippen molar-refractivity contribution in [1.82, 2.24) is 15.1 Å². The van der Waals surface area contributed by atoms with Crippen LogP contribution in [0.5, 0.6) is 5.75 Å². The highest BCUT2D eigenvalue weighted by atomic mass is 19.1. The van der Waals surface area contributed by atoms with Gasteiger partial charge in [-0.1, -0.05) is 12.1 Å². The summed E-state index contributed by atoms with van der Waals surface area (Å²) >= 11 is 0. The lowest BCUT2D eigenvalue weighted by Gasteiger charge is -2.08. The van der Waals surface area contributed by atoms with Gasteiger partial charge >= 0.3 is 0 Å². The van der Waals surface area contributed by atoms with Crippen molar-refractivity contribution in [1.29, 1.82) is 0 Å². The maximum absolute atomic E-state index is 13.6. The molecule has 0 aliphatic rings. The number of carbonyl (C=O) groups is 1. The van der Waals surface area contributed by atoms with Crippen molar-refractivity contribution in [3.05, 3.63) is 77.9 Å². The first-order chi connectivity index (χ1) is 12.2. The Bertz CT molecular complexity index is 846. The van der Waals surface area contributed by atoms with Crippen LogP contribution in [-0.2, 0) is 6.42 Å². The van der Waals surface area contributed by atoms with E-state index in [4.69, 9.17) is 4.74 Å². The molecule has 1 amide bonds. The Kier molecular flexibility index (Phi) is 5.09.